The van der Waals surface area contributed by atoms with Crippen molar-refractivity contribution in [1.82, 2.24) is 0 Å². The van der Waals surface area contributed by atoms with Crippen LogP contribution in [-0.4, -0.2) is 18.3 Å². The standard InChI is InChI=1S/C13H22O2/c1-6-13(8-7-11(3)14)9-10(2)12(4)15-5/h7-9,11,14H,6H2,1-5H3/b8-7?,12-10+,13-9-. The van der Waals surface area contributed by atoms with E-state index in [0.717, 1.165) is 17.8 Å². The Morgan fingerprint density at radius 1 is 1.40 bits per heavy atom. The van der Waals surface area contributed by atoms with E-state index in [2.05, 4.69) is 13.0 Å². The van der Waals surface area contributed by atoms with Crippen molar-refractivity contribution in [1.29, 1.82) is 0 Å². The quantitative estimate of drug-likeness (QED) is 0.558. The Morgan fingerprint density at radius 3 is 2.40 bits per heavy atom. The number of aliphatic hydroxyl groups is 1. The minimum Gasteiger partial charge on any atom is -0.501 e. The van der Waals surface area contributed by atoms with Crippen LogP contribution < -0.4 is 0 Å². The highest BCUT2D eigenvalue weighted by Crippen LogP contribution is 2.12. The summed E-state index contributed by atoms with van der Waals surface area (Å²) < 4.78 is 5.14. The van der Waals surface area contributed by atoms with Gasteiger partial charge in [0.15, 0.2) is 0 Å². The molecule has 0 bridgehead atoms. The minimum absolute atomic E-state index is 0.396. The van der Waals surface area contributed by atoms with Gasteiger partial charge >= 0.3 is 0 Å². The molecule has 0 aliphatic carbocycles. The maximum atomic E-state index is 9.14. The molecule has 0 aromatic rings. The molecule has 0 radical (unpaired) electrons. The van der Waals surface area contributed by atoms with Crippen molar-refractivity contribution in [3.63, 3.8) is 0 Å². The summed E-state index contributed by atoms with van der Waals surface area (Å²) in [6, 6.07) is 0. The zero-order chi connectivity index (χ0) is 11.8. The molecule has 0 fully saturated rings. The summed E-state index contributed by atoms with van der Waals surface area (Å²) in [5, 5.41) is 9.14. The number of methoxy groups -OCH3 is 1. The lowest BCUT2D eigenvalue weighted by atomic mass is 10.1. The van der Waals surface area contributed by atoms with E-state index in [1.165, 1.54) is 5.57 Å². The van der Waals surface area contributed by atoms with Crippen LogP contribution in [0.2, 0.25) is 0 Å². The van der Waals surface area contributed by atoms with Gasteiger partial charge in [-0.05, 0) is 38.3 Å². The fourth-order valence-corrected chi connectivity index (χ4v) is 1.07. The van der Waals surface area contributed by atoms with Crippen molar-refractivity contribution in [2.75, 3.05) is 7.11 Å². The highest BCUT2D eigenvalue weighted by molar-refractivity contribution is 5.30. The SMILES string of the molecule is CC/C(C=CC(C)O)=C/C(C)=C(\C)OC. The van der Waals surface area contributed by atoms with E-state index in [1.807, 2.05) is 19.9 Å². The Balaban J connectivity index is 4.74. The molecule has 0 aromatic carbocycles. The van der Waals surface area contributed by atoms with Crippen molar-refractivity contribution in [3.8, 4) is 0 Å². The average molecular weight is 210 g/mol. The monoisotopic (exact) mass is 210 g/mol. The zero-order valence-corrected chi connectivity index (χ0v) is 10.4. The predicted octanol–water partition coefficient (Wildman–Crippen LogP) is 3.20. The first-order chi connectivity index (χ1) is 7.01. The first-order valence-electron chi connectivity index (χ1n) is 5.29. The fraction of sp³-hybridized carbons (Fsp3) is 0.538. The third kappa shape index (κ3) is 6.13. The number of allylic oxidation sites excluding steroid dienone is 5. The van der Waals surface area contributed by atoms with Crippen LogP contribution >= 0.6 is 0 Å². The molecular weight excluding hydrogens is 188 g/mol. The lowest BCUT2D eigenvalue weighted by molar-refractivity contribution is 0.244. The Hall–Kier alpha value is -1.02. The number of hydrogen-bond donors (Lipinski definition) is 1. The molecule has 0 aliphatic rings. The normalized spacial score (nSPS) is 16.5. The third-order valence-electron chi connectivity index (χ3n) is 2.26. The topological polar surface area (TPSA) is 29.5 Å². The second-order valence-corrected chi connectivity index (χ2v) is 3.62. The summed E-state index contributed by atoms with van der Waals surface area (Å²) in [5.74, 6) is 0.923. The highest BCUT2D eigenvalue weighted by Gasteiger charge is 1.95. The van der Waals surface area contributed by atoms with E-state index in [9.17, 15) is 0 Å². The van der Waals surface area contributed by atoms with Gasteiger partial charge in [0, 0.05) is 0 Å². The van der Waals surface area contributed by atoms with Gasteiger partial charge in [0.25, 0.3) is 0 Å². The first kappa shape index (κ1) is 14.0. The molecule has 0 amide bonds. The smallest absolute Gasteiger partial charge is 0.0953 e. The van der Waals surface area contributed by atoms with Gasteiger partial charge in [0.2, 0.25) is 0 Å². The van der Waals surface area contributed by atoms with E-state index in [1.54, 1.807) is 20.1 Å². The van der Waals surface area contributed by atoms with E-state index < -0.39 is 6.10 Å². The van der Waals surface area contributed by atoms with Crippen LogP contribution in [0.5, 0.6) is 0 Å². The summed E-state index contributed by atoms with van der Waals surface area (Å²) >= 11 is 0. The Morgan fingerprint density at radius 2 is 2.00 bits per heavy atom. The fourth-order valence-electron chi connectivity index (χ4n) is 1.07. The summed E-state index contributed by atoms with van der Waals surface area (Å²) in [6.07, 6.45) is 6.37. The van der Waals surface area contributed by atoms with E-state index in [0.29, 0.717) is 0 Å². The summed E-state index contributed by atoms with van der Waals surface area (Å²) in [4.78, 5) is 0. The highest BCUT2D eigenvalue weighted by atomic mass is 16.5. The van der Waals surface area contributed by atoms with Crippen LogP contribution in [0.1, 0.15) is 34.1 Å². The molecule has 0 rings (SSSR count). The number of rotatable bonds is 5. The van der Waals surface area contributed by atoms with Crippen LogP contribution in [0.4, 0.5) is 0 Å². The van der Waals surface area contributed by atoms with Crippen LogP contribution in [0.15, 0.2) is 35.1 Å². The molecule has 1 N–H and O–H groups in total. The molecule has 0 spiro atoms. The lowest BCUT2D eigenvalue weighted by Gasteiger charge is -2.04. The van der Waals surface area contributed by atoms with Gasteiger partial charge in [-0.2, -0.15) is 0 Å². The summed E-state index contributed by atoms with van der Waals surface area (Å²) in [5.41, 5.74) is 2.30. The van der Waals surface area contributed by atoms with Crippen LogP contribution in [0.25, 0.3) is 0 Å². The molecule has 0 saturated heterocycles. The third-order valence-corrected chi connectivity index (χ3v) is 2.26. The Labute approximate surface area is 93.0 Å². The molecular formula is C13H22O2. The van der Waals surface area contributed by atoms with Crippen molar-refractivity contribution in [2.24, 2.45) is 0 Å². The van der Waals surface area contributed by atoms with E-state index in [-0.39, 0.29) is 0 Å². The predicted molar refractivity (Wildman–Crippen MR) is 64.6 cm³/mol. The average Bonchev–Trinajstić information content (AvgIpc) is 2.22. The van der Waals surface area contributed by atoms with Gasteiger partial charge in [-0.3, -0.25) is 0 Å². The van der Waals surface area contributed by atoms with Gasteiger partial charge in [-0.1, -0.05) is 25.2 Å². The second kappa shape index (κ2) is 7.30. The zero-order valence-electron chi connectivity index (χ0n) is 10.4. The molecule has 2 heteroatoms. The molecule has 0 saturated carbocycles. The van der Waals surface area contributed by atoms with Crippen LogP contribution in [0.3, 0.4) is 0 Å². The first-order valence-corrected chi connectivity index (χ1v) is 5.29. The van der Waals surface area contributed by atoms with Gasteiger partial charge in [0.1, 0.15) is 0 Å². The Kier molecular flexibility index (Phi) is 6.80. The summed E-state index contributed by atoms with van der Waals surface area (Å²) in [6.45, 7) is 7.79. The number of aliphatic hydroxyl groups excluding tert-OH is 1. The second-order valence-electron chi connectivity index (χ2n) is 3.62. The van der Waals surface area contributed by atoms with Crippen molar-refractivity contribution < 1.29 is 9.84 Å². The van der Waals surface area contributed by atoms with Crippen LogP contribution in [-0.2, 0) is 4.74 Å². The van der Waals surface area contributed by atoms with Crippen molar-refractivity contribution in [3.05, 3.63) is 35.1 Å². The largest absolute Gasteiger partial charge is 0.501 e. The molecule has 86 valence electrons. The van der Waals surface area contributed by atoms with E-state index in [4.69, 9.17) is 9.84 Å². The molecule has 0 aromatic heterocycles. The number of ether oxygens (including phenoxy) is 1. The molecule has 2 nitrogen and oxygen atoms in total. The molecule has 0 heterocycles. The van der Waals surface area contributed by atoms with Gasteiger partial charge in [0.05, 0.1) is 19.0 Å². The number of hydrogen-bond acceptors (Lipinski definition) is 2. The summed E-state index contributed by atoms with van der Waals surface area (Å²) in [7, 11) is 1.67. The maximum absolute atomic E-state index is 9.14. The molecule has 1 atom stereocenters. The molecule has 1 unspecified atom stereocenters. The van der Waals surface area contributed by atoms with Crippen LogP contribution in [0, 0.1) is 0 Å². The minimum atomic E-state index is -0.396. The van der Waals surface area contributed by atoms with Crippen molar-refractivity contribution in [2.45, 2.75) is 40.2 Å². The Bertz CT molecular complexity index is 270. The van der Waals surface area contributed by atoms with Crippen molar-refractivity contribution >= 4 is 0 Å². The van der Waals surface area contributed by atoms with Gasteiger partial charge in [-0.15, -0.1) is 0 Å². The van der Waals surface area contributed by atoms with E-state index >= 15 is 0 Å². The van der Waals surface area contributed by atoms with Gasteiger partial charge < -0.3 is 9.84 Å². The molecule has 0 aliphatic heterocycles. The molecule has 15 heavy (non-hydrogen) atoms. The lowest BCUT2D eigenvalue weighted by Crippen LogP contribution is -1.92. The maximum Gasteiger partial charge on any atom is 0.0953 e. The van der Waals surface area contributed by atoms with Gasteiger partial charge in [-0.25, -0.2) is 0 Å².